The highest BCUT2D eigenvalue weighted by atomic mass is 35.5. The van der Waals surface area contributed by atoms with Crippen LogP contribution in [-0.4, -0.2) is 9.55 Å². The van der Waals surface area contributed by atoms with E-state index in [4.69, 9.17) is 23.8 Å². The van der Waals surface area contributed by atoms with Crippen LogP contribution < -0.4 is 0 Å². The number of hydrogen-bond acceptors (Lipinski definition) is 2. The van der Waals surface area contributed by atoms with Crippen LogP contribution in [0.5, 0.6) is 0 Å². The lowest BCUT2D eigenvalue weighted by Gasteiger charge is -2.03. The monoisotopic (exact) mass is 312 g/mol. The van der Waals surface area contributed by atoms with E-state index in [9.17, 15) is 4.39 Å². The third-order valence-electron chi connectivity index (χ3n) is 2.98. The van der Waals surface area contributed by atoms with E-state index < -0.39 is 5.82 Å². The minimum atomic E-state index is -0.423. The average Bonchev–Trinajstić information content (AvgIpc) is 2.96. The summed E-state index contributed by atoms with van der Waals surface area (Å²) in [7, 11) is 0. The van der Waals surface area contributed by atoms with Crippen molar-refractivity contribution in [1.29, 1.82) is 0 Å². The zero-order valence-corrected chi connectivity index (χ0v) is 12.2. The maximum atomic E-state index is 13.6. The maximum absolute atomic E-state index is 13.6. The number of thiophene rings is 1. The zero-order chi connectivity index (χ0) is 13.4. The van der Waals surface area contributed by atoms with Crippen molar-refractivity contribution < 1.29 is 4.39 Å². The standard InChI is InChI=1S/C13H10ClFN2S2/c14-9-6-11-12(7-10(9)15)17(13(18)16-11)4-3-8-2-1-5-19-8/h1-2,5-7H,3-4H2,(H,16,18). The first-order valence-corrected chi connectivity index (χ1v) is 7.41. The Bertz CT molecular complexity index is 774. The van der Waals surface area contributed by atoms with Crippen molar-refractivity contribution in [2.75, 3.05) is 0 Å². The van der Waals surface area contributed by atoms with Crippen LogP contribution in [0.3, 0.4) is 0 Å². The van der Waals surface area contributed by atoms with Gasteiger partial charge in [0.2, 0.25) is 0 Å². The predicted octanol–water partition coefficient (Wildman–Crippen LogP) is 4.80. The molecular weight excluding hydrogens is 303 g/mol. The molecule has 0 aliphatic rings. The molecule has 98 valence electrons. The summed E-state index contributed by atoms with van der Waals surface area (Å²) in [6.07, 6.45) is 0.878. The fourth-order valence-electron chi connectivity index (χ4n) is 2.05. The van der Waals surface area contributed by atoms with E-state index in [1.807, 2.05) is 16.0 Å². The minimum Gasteiger partial charge on any atom is -0.331 e. The number of imidazole rings is 1. The van der Waals surface area contributed by atoms with Crippen LogP contribution in [0.2, 0.25) is 5.02 Å². The summed E-state index contributed by atoms with van der Waals surface area (Å²) in [6, 6.07) is 7.11. The number of nitrogens with zero attached hydrogens (tertiary/aromatic N) is 1. The number of rotatable bonds is 3. The van der Waals surface area contributed by atoms with Crippen LogP contribution in [0, 0.1) is 10.6 Å². The first-order valence-electron chi connectivity index (χ1n) is 5.75. The molecule has 6 heteroatoms. The van der Waals surface area contributed by atoms with Crippen molar-refractivity contribution in [2.24, 2.45) is 0 Å². The van der Waals surface area contributed by atoms with Gasteiger partial charge in [-0.25, -0.2) is 4.39 Å². The summed E-state index contributed by atoms with van der Waals surface area (Å²) in [5.74, 6) is -0.423. The van der Waals surface area contributed by atoms with E-state index in [0.29, 0.717) is 4.77 Å². The smallest absolute Gasteiger partial charge is 0.178 e. The molecule has 0 fully saturated rings. The van der Waals surface area contributed by atoms with Gasteiger partial charge in [-0.2, -0.15) is 0 Å². The van der Waals surface area contributed by atoms with Gasteiger partial charge in [0.1, 0.15) is 5.82 Å². The predicted molar refractivity (Wildman–Crippen MR) is 80.1 cm³/mol. The molecular formula is C13H10ClFN2S2. The summed E-state index contributed by atoms with van der Waals surface area (Å²) in [5, 5.41) is 2.15. The van der Waals surface area contributed by atoms with Gasteiger partial charge in [0.25, 0.3) is 0 Å². The van der Waals surface area contributed by atoms with Crippen molar-refractivity contribution in [3.63, 3.8) is 0 Å². The Morgan fingerprint density at radius 2 is 2.26 bits per heavy atom. The summed E-state index contributed by atoms with van der Waals surface area (Å²) in [4.78, 5) is 4.34. The molecule has 19 heavy (non-hydrogen) atoms. The number of aromatic nitrogens is 2. The van der Waals surface area contributed by atoms with E-state index in [-0.39, 0.29) is 5.02 Å². The Morgan fingerprint density at radius 3 is 3.00 bits per heavy atom. The van der Waals surface area contributed by atoms with Crippen molar-refractivity contribution in [3.8, 4) is 0 Å². The van der Waals surface area contributed by atoms with Gasteiger partial charge >= 0.3 is 0 Å². The summed E-state index contributed by atoms with van der Waals surface area (Å²) < 4.78 is 16.1. The van der Waals surface area contributed by atoms with Gasteiger partial charge in [0.05, 0.1) is 16.1 Å². The van der Waals surface area contributed by atoms with Gasteiger partial charge in [-0.15, -0.1) is 11.3 Å². The summed E-state index contributed by atoms with van der Waals surface area (Å²) >= 11 is 12.8. The molecule has 0 atom stereocenters. The average molecular weight is 313 g/mol. The van der Waals surface area contributed by atoms with Gasteiger partial charge in [0.15, 0.2) is 4.77 Å². The van der Waals surface area contributed by atoms with Gasteiger partial charge < -0.3 is 9.55 Å². The van der Waals surface area contributed by atoms with Gasteiger partial charge in [0, 0.05) is 17.5 Å². The Hall–Kier alpha value is -1.17. The minimum absolute atomic E-state index is 0.106. The number of aryl methyl sites for hydroxylation is 2. The fraction of sp³-hybridized carbons (Fsp3) is 0.154. The number of halogens is 2. The second-order valence-electron chi connectivity index (χ2n) is 4.19. The molecule has 2 heterocycles. The number of aromatic amines is 1. The molecule has 0 aliphatic carbocycles. The number of H-pyrrole nitrogens is 1. The SMILES string of the molecule is Fc1cc2c(cc1Cl)[nH]c(=S)n2CCc1cccs1. The molecule has 0 saturated carbocycles. The molecule has 0 spiro atoms. The molecule has 0 radical (unpaired) electrons. The van der Waals surface area contributed by atoms with Crippen LogP contribution >= 0.6 is 35.2 Å². The molecule has 0 bridgehead atoms. The number of fused-ring (bicyclic) bond motifs is 1. The first-order chi connectivity index (χ1) is 9.15. The molecule has 3 aromatic rings. The Labute approximate surface area is 123 Å². The number of hydrogen-bond donors (Lipinski definition) is 1. The van der Waals surface area contributed by atoms with Crippen LogP contribution in [0.25, 0.3) is 11.0 Å². The van der Waals surface area contributed by atoms with Crippen molar-refractivity contribution in [2.45, 2.75) is 13.0 Å². The van der Waals surface area contributed by atoms with Gasteiger partial charge in [-0.05, 0) is 36.2 Å². The van der Waals surface area contributed by atoms with Crippen LogP contribution in [0.1, 0.15) is 4.88 Å². The Balaban J connectivity index is 2.00. The lowest BCUT2D eigenvalue weighted by Crippen LogP contribution is -2.00. The zero-order valence-electron chi connectivity index (χ0n) is 9.82. The lowest BCUT2D eigenvalue weighted by atomic mass is 10.3. The molecule has 2 aromatic heterocycles. The van der Waals surface area contributed by atoms with Gasteiger partial charge in [-0.3, -0.25) is 0 Å². The largest absolute Gasteiger partial charge is 0.331 e. The van der Waals surface area contributed by atoms with Crippen molar-refractivity contribution in [3.05, 3.63) is 50.1 Å². The van der Waals surface area contributed by atoms with Gasteiger partial charge in [-0.1, -0.05) is 17.7 Å². The summed E-state index contributed by atoms with van der Waals surface area (Å²) in [6.45, 7) is 0.723. The third-order valence-corrected chi connectivity index (χ3v) is 4.53. The lowest BCUT2D eigenvalue weighted by molar-refractivity contribution is 0.627. The van der Waals surface area contributed by atoms with E-state index in [1.54, 1.807) is 17.4 Å². The number of benzene rings is 1. The molecule has 3 rings (SSSR count). The summed E-state index contributed by atoms with van der Waals surface area (Å²) in [5.41, 5.74) is 1.52. The Kier molecular flexibility index (Phi) is 3.43. The molecule has 0 amide bonds. The highest BCUT2D eigenvalue weighted by Crippen LogP contribution is 2.23. The third kappa shape index (κ3) is 2.45. The maximum Gasteiger partial charge on any atom is 0.178 e. The molecule has 0 aliphatic heterocycles. The Morgan fingerprint density at radius 1 is 1.42 bits per heavy atom. The van der Waals surface area contributed by atoms with E-state index in [0.717, 1.165) is 24.0 Å². The van der Waals surface area contributed by atoms with E-state index >= 15 is 0 Å². The quantitative estimate of drug-likeness (QED) is 0.689. The van der Waals surface area contributed by atoms with Crippen molar-refractivity contribution in [1.82, 2.24) is 9.55 Å². The highest BCUT2D eigenvalue weighted by Gasteiger charge is 2.09. The van der Waals surface area contributed by atoms with Crippen LogP contribution in [0.4, 0.5) is 4.39 Å². The fourth-order valence-corrected chi connectivity index (χ4v) is 3.21. The topological polar surface area (TPSA) is 20.7 Å². The van der Waals surface area contributed by atoms with Crippen molar-refractivity contribution >= 4 is 46.2 Å². The molecule has 1 N–H and O–H groups in total. The molecule has 0 unspecified atom stereocenters. The normalized spacial score (nSPS) is 11.3. The molecule has 1 aromatic carbocycles. The second kappa shape index (κ2) is 5.07. The van der Waals surface area contributed by atoms with E-state index in [1.165, 1.54) is 10.9 Å². The van der Waals surface area contributed by atoms with E-state index in [2.05, 4.69) is 11.1 Å². The molecule has 2 nitrogen and oxygen atoms in total. The van der Waals surface area contributed by atoms with Crippen LogP contribution in [0.15, 0.2) is 29.6 Å². The highest BCUT2D eigenvalue weighted by molar-refractivity contribution is 7.71. The van der Waals surface area contributed by atoms with Crippen LogP contribution in [-0.2, 0) is 13.0 Å². The molecule has 0 saturated heterocycles. The first kappa shape index (κ1) is 12.8. The number of nitrogens with one attached hydrogen (secondary N) is 1. The second-order valence-corrected chi connectivity index (χ2v) is 6.02.